The Kier molecular flexibility index (Phi) is 4.24. The number of nitrogens with one attached hydrogen (secondary N) is 2. The summed E-state index contributed by atoms with van der Waals surface area (Å²) in [6.45, 7) is 0.314. The van der Waals surface area contributed by atoms with Gasteiger partial charge in [-0.05, 0) is 18.6 Å². The summed E-state index contributed by atoms with van der Waals surface area (Å²) in [7, 11) is 0. The van der Waals surface area contributed by atoms with Crippen LogP contribution in [0.4, 0.5) is 4.79 Å². The molecule has 1 aliphatic heterocycles. The van der Waals surface area contributed by atoms with Crippen molar-refractivity contribution in [2.75, 3.05) is 18.9 Å². The van der Waals surface area contributed by atoms with E-state index in [2.05, 4.69) is 10.6 Å². The molecule has 12 heavy (non-hydrogen) atoms. The Morgan fingerprint density at radius 3 is 3.08 bits per heavy atom. The second kappa shape index (κ2) is 5.27. The Morgan fingerprint density at radius 1 is 1.67 bits per heavy atom. The van der Waals surface area contributed by atoms with Crippen LogP contribution in [-0.2, 0) is 0 Å². The van der Waals surface area contributed by atoms with Gasteiger partial charge in [-0.15, -0.1) is 11.8 Å². The molecule has 0 radical (unpaired) electrons. The Balaban J connectivity index is 2.08. The first-order valence-electron chi connectivity index (χ1n) is 4.10. The second-order valence-corrected chi connectivity index (χ2v) is 3.94. The quantitative estimate of drug-likeness (QED) is 0.593. The van der Waals surface area contributed by atoms with Gasteiger partial charge in [0.15, 0.2) is 0 Å². The fourth-order valence-corrected chi connectivity index (χ4v) is 2.20. The predicted molar refractivity (Wildman–Crippen MR) is 49.1 cm³/mol. The summed E-state index contributed by atoms with van der Waals surface area (Å²) in [5, 5.41) is 14.1. The molecule has 1 atom stereocenters. The number of urea groups is 1. The van der Waals surface area contributed by atoms with E-state index in [1.54, 1.807) is 11.8 Å². The lowest BCUT2D eigenvalue weighted by Gasteiger charge is -2.11. The summed E-state index contributed by atoms with van der Waals surface area (Å²) in [6, 6.07) is -0.177. The fraction of sp³-hybridized carbons (Fsp3) is 0.857. The van der Waals surface area contributed by atoms with E-state index in [1.165, 1.54) is 6.42 Å². The third-order valence-electron chi connectivity index (χ3n) is 1.62. The van der Waals surface area contributed by atoms with Crippen molar-refractivity contribution in [3.63, 3.8) is 0 Å². The van der Waals surface area contributed by atoms with Gasteiger partial charge in [-0.3, -0.25) is 0 Å². The summed E-state index contributed by atoms with van der Waals surface area (Å²) in [6.07, 6.45) is 2.23. The molecule has 0 saturated carbocycles. The van der Waals surface area contributed by atoms with E-state index in [4.69, 9.17) is 5.11 Å². The molecule has 1 fully saturated rings. The van der Waals surface area contributed by atoms with Gasteiger partial charge >= 0.3 is 6.03 Å². The second-order valence-electron chi connectivity index (χ2n) is 2.63. The zero-order valence-electron chi connectivity index (χ0n) is 6.88. The number of hydrogen-bond acceptors (Lipinski definition) is 3. The minimum atomic E-state index is -0.177. The van der Waals surface area contributed by atoms with Crippen molar-refractivity contribution in [1.29, 1.82) is 0 Å². The van der Waals surface area contributed by atoms with Crippen molar-refractivity contribution in [1.82, 2.24) is 10.6 Å². The van der Waals surface area contributed by atoms with E-state index in [9.17, 15) is 4.79 Å². The van der Waals surface area contributed by atoms with Crippen molar-refractivity contribution >= 4 is 17.8 Å². The average Bonchev–Trinajstić information content (AvgIpc) is 2.53. The lowest BCUT2D eigenvalue weighted by Crippen LogP contribution is -2.40. The van der Waals surface area contributed by atoms with Crippen LogP contribution < -0.4 is 10.6 Å². The van der Waals surface area contributed by atoms with Crippen LogP contribution >= 0.6 is 11.8 Å². The summed E-state index contributed by atoms with van der Waals surface area (Å²) >= 11 is 1.77. The molecular weight excluding hydrogens is 176 g/mol. The molecule has 0 aromatic carbocycles. The van der Waals surface area contributed by atoms with Gasteiger partial charge in [0, 0.05) is 6.54 Å². The van der Waals surface area contributed by atoms with Crippen molar-refractivity contribution < 1.29 is 9.90 Å². The number of carbonyl (C=O) groups excluding carboxylic acids is 1. The van der Waals surface area contributed by atoms with E-state index in [0.717, 1.165) is 12.2 Å². The lowest BCUT2D eigenvalue weighted by atomic mass is 10.3. The highest BCUT2D eigenvalue weighted by atomic mass is 32.2. The van der Waals surface area contributed by atoms with Gasteiger partial charge < -0.3 is 15.7 Å². The first-order chi connectivity index (χ1) is 5.83. The molecule has 1 heterocycles. The van der Waals surface area contributed by atoms with Crippen LogP contribution in [-0.4, -0.2) is 35.4 Å². The molecule has 70 valence electrons. The lowest BCUT2D eigenvalue weighted by molar-refractivity contribution is 0.233. The molecule has 2 amide bonds. The van der Waals surface area contributed by atoms with Crippen LogP contribution in [0.15, 0.2) is 0 Å². The van der Waals surface area contributed by atoms with Gasteiger partial charge in [-0.2, -0.15) is 0 Å². The zero-order valence-corrected chi connectivity index (χ0v) is 7.69. The molecule has 5 heteroatoms. The molecular formula is C7H14N2O2S. The molecule has 3 N–H and O–H groups in total. The molecule has 0 spiro atoms. The largest absolute Gasteiger partial charge is 0.395 e. The van der Waals surface area contributed by atoms with E-state index in [0.29, 0.717) is 6.54 Å². The third kappa shape index (κ3) is 3.32. The summed E-state index contributed by atoms with van der Waals surface area (Å²) < 4.78 is 0. The minimum absolute atomic E-state index is 0.00870. The van der Waals surface area contributed by atoms with Gasteiger partial charge in [0.25, 0.3) is 0 Å². The van der Waals surface area contributed by atoms with Crippen LogP contribution in [0.2, 0.25) is 0 Å². The Labute approximate surface area is 76.1 Å². The Morgan fingerprint density at radius 2 is 2.50 bits per heavy atom. The Hall–Kier alpha value is -0.420. The summed E-state index contributed by atoms with van der Waals surface area (Å²) in [4.78, 5) is 11.0. The van der Waals surface area contributed by atoms with Crippen molar-refractivity contribution in [3.8, 4) is 0 Å². The normalized spacial score (nSPS) is 22.2. The predicted octanol–water partition coefficient (Wildman–Crippen LogP) is 0.131. The fourth-order valence-electron chi connectivity index (χ4n) is 1.06. The number of amides is 2. The van der Waals surface area contributed by atoms with E-state index < -0.39 is 0 Å². The molecule has 0 aromatic heterocycles. The van der Waals surface area contributed by atoms with Crippen molar-refractivity contribution in [3.05, 3.63) is 0 Å². The van der Waals surface area contributed by atoms with Gasteiger partial charge in [-0.25, -0.2) is 4.79 Å². The third-order valence-corrected chi connectivity index (χ3v) is 2.90. The number of rotatable bonds is 3. The smallest absolute Gasteiger partial charge is 0.315 e. The van der Waals surface area contributed by atoms with Crippen LogP contribution in [0, 0.1) is 0 Å². The summed E-state index contributed by atoms with van der Waals surface area (Å²) in [5.41, 5.74) is 0. The maximum absolute atomic E-state index is 11.0. The molecule has 0 aliphatic carbocycles. The first kappa shape index (κ1) is 9.67. The standard InChI is InChI=1S/C7H14N2O2S/c10-4-3-8-7(11)9-6-2-1-5-12-6/h6,10H,1-5H2,(H2,8,9,11). The van der Waals surface area contributed by atoms with E-state index in [1.807, 2.05) is 0 Å². The van der Waals surface area contributed by atoms with Crippen molar-refractivity contribution in [2.45, 2.75) is 18.2 Å². The number of carbonyl (C=O) groups is 1. The zero-order chi connectivity index (χ0) is 8.81. The van der Waals surface area contributed by atoms with E-state index >= 15 is 0 Å². The molecule has 0 bridgehead atoms. The number of aliphatic hydroxyl groups excluding tert-OH is 1. The minimum Gasteiger partial charge on any atom is -0.395 e. The highest BCUT2D eigenvalue weighted by molar-refractivity contribution is 8.00. The van der Waals surface area contributed by atoms with Gasteiger partial charge in [0.05, 0.1) is 12.0 Å². The van der Waals surface area contributed by atoms with Crippen LogP contribution in [0.3, 0.4) is 0 Å². The first-order valence-corrected chi connectivity index (χ1v) is 5.14. The van der Waals surface area contributed by atoms with Gasteiger partial charge in [-0.1, -0.05) is 0 Å². The average molecular weight is 190 g/mol. The molecule has 4 nitrogen and oxygen atoms in total. The van der Waals surface area contributed by atoms with E-state index in [-0.39, 0.29) is 18.0 Å². The van der Waals surface area contributed by atoms with Crippen LogP contribution in [0.1, 0.15) is 12.8 Å². The highest BCUT2D eigenvalue weighted by Gasteiger charge is 2.16. The summed E-state index contributed by atoms with van der Waals surface area (Å²) in [5.74, 6) is 1.13. The maximum Gasteiger partial charge on any atom is 0.315 e. The van der Waals surface area contributed by atoms with Crippen LogP contribution in [0.25, 0.3) is 0 Å². The SMILES string of the molecule is O=C(NCCO)NC1CCCS1. The topological polar surface area (TPSA) is 61.4 Å². The van der Waals surface area contributed by atoms with Gasteiger partial charge in [0.1, 0.15) is 0 Å². The van der Waals surface area contributed by atoms with Crippen LogP contribution in [0.5, 0.6) is 0 Å². The van der Waals surface area contributed by atoms with Crippen molar-refractivity contribution in [2.24, 2.45) is 0 Å². The monoisotopic (exact) mass is 190 g/mol. The number of thioether (sulfide) groups is 1. The molecule has 1 rings (SSSR count). The van der Waals surface area contributed by atoms with Gasteiger partial charge in [0.2, 0.25) is 0 Å². The number of aliphatic hydroxyl groups is 1. The molecule has 1 aliphatic rings. The molecule has 1 saturated heterocycles. The number of hydrogen-bond donors (Lipinski definition) is 3. The Bertz CT molecular complexity index is 148. The molecule has 0 aromatic rings. The highest BCUT2D eigenvalue weighted by Crippen LogP contribution is 2.23. The maximum atomic E-state index is 11.0. The molecule has 1 unspecified atom stereocenters.